The Hall–Kier alpha value is -3.65. The molecular weight excluding hydrogens is 364 g/mol. The van der Waals surface area contributed by atoms with Crippen molar-refractivity contribution in [1.82, 2.24) is 4.40 Å². The second-order valence-corrected chi connectivity index (χ2v) is 8.61. The van der Waals surface area contributed by atoms with Crippen molar-refractivity contribution >= 4 is 59.8 Å². The van der Waals surface area contributed by atoms with E-state index in [0.717, 1.165) is 0 Å². The summed E-state index contributed by atoms with van der Waals surface area (Å²) in [5.41, 5.74) is 7.84. The van der Waals surface area contributed by atoms with Crippen LogP contribution in [0, 0.1) is 13.8 Å². The standard InChI is InChI=1S/C28H21N2/c1-16-12-13-21-19-9-5-4-8-18(19)15-24-26(21)25(16)28-27-22(14-17(2)29(28)3)20-10-6-7-11-23(20)30(24)27/h4-15H,1-3H3/q+1. The molecule has 3 aromatic heterocycles. The highest BCUT2D eigenvalue weighted by molar-refractivity contribution is 6.29. The Bertz CT molecular complexity index is 1820. The van der Waals surface area contributed by atoms with Gasteiger partial charge >= 0.3 is 0 Å². The molecule has 7 aromatic rings. The number of hydrogen-bond acceptors (Lipinski definition) is 0. The molecule has 0 aliphatic carbocycles. The van der Waals surface area contributed by atoms with Gasteiger partial charge < -0.3 is 4.40 Å². The van der Waals surface area contributed by atoms with E-state index in [1.807, 2.05) is 0 Å². The van der Waals surface area contributed by atoms with Crippen LogP contribution in [-0.4, -0.2) is 4.40 Å². The third-order valence-electron chi connectivity index (χ3n) is 7.05. The number of para-hydroxylation sites is 1. The molecule has 0 aliphatic rings. The highest BCUT2D eigenvalue weighted by atomic mass is 15.0. The first kappa shape index (κ1) is 16.2. The molecule has 3 heterocycles. The number of rotatable bonds is 0. The van der Waals surface area contributed by atoms with Gasteiger partial charge in [-0.2, -0.15) is 4.57 Å². The van der Waals surface area contributed by atoms with Crippen molar-refractivity contribution in [2.24, 2.45) is 7.05 Å². The number of nitrogens with zero attached hydrogens (tertiary/aromatic N) is 2. The first-order valence-electron chi connectivity index (χ1n) is 10.5. The molecule has 142 valence electrons. The van der Waals surface area contributed by atoms with Crippen molar-refractivity contribution < 1.29 is 4.57 Å². The van der Waals surface area contributed by atoms with Gasteiger partial charge in [0, 0.05) is 29.1 Å². The lowest BCUT2D eigenvalue weighted by molar-refractivity contribution is -0.650. The van der Waals surface area contributed by atoms with Crippen molar-refractivity contribution in [3.05, 3.63) is 84.1 Å². The highest BCUT2D eigenvalue weighted by Gasteiger charge is 2.26. The first-order chi connectivity index (χ1) is 14.6. The van der Waals surface area contributed by atoms with Gasteiger partial charge in [-0.15, -0.1) is 0 Å². The van der Waals surface area contributed by atoms with Crippen LogP contribution >= 0.6 is 0 Å². The van der Waals surface area contributed by atoms with Crippen LogP contribution in [0.4, 0.5) is 0 Å². The summed E-state index contributed by atoms with van der Waals surface area (Å²) in [6.07, 6.45) is 0. The zero-order valence-corrected chi connectivity index (χ0v) is 17.3. The fourth-order valence-electron chi connectivity index (χ4n) is 5.59. The van der Waals surface area contributed by atoms with Gasteiger partial charge in [0.2, 0.25) is 5.52 Å². The molecule has 2 heteroatoms. The zero-order chi connectivity index (χ0) is 20.1. The number of fused-ring (bicyclic) bond motifs is 7. The molecule has 4 aromatic carbocycles. The smallest absolute Gasteiger partial charge is 0.238 e. The number of pyridine rings is 2. The molecule has 0 atom stereocenters. The zero-order valence-electron chi connectivity index (χ0n) is 17.3. The number of benzene rings is 4. The topological polar surface area (TPSA) is 8.29 Å². The normalized spacial score (nSPS) is 12.5. The Labute approximate surface area is 173 Å². The first-order valence-corrected chi connectivity index (χ1v) is 10.5. The van der Waals surface area contributed by atoms with Crippen LogP contribution in [0.1, 0.15) is 11.3 Å². The van der Waals surface area contributed by atoms with Crippen molar-refractivity contribution in [3.63, 3.8) is 0 Å². The third kappa shape index (κ3) is 1.74. The van der Waals surface area contributed by atoms with E-state index in [1.165, 1.54) is 71.0 Å². The molecule has 0 spiro atoms. The Kier molecular flexibility index (Phi) is 2.85. The molecule has 0 unspecified atom stereocenters. The second-order valence-electron chi connectivity index (χ2n) is 8.61. The minimum Gasteiger partial charge on any atom is -0.303 e. The summed E-state index contributed by atoms with van der Waals surface area (Å²) < 4.78 is 4.87. The maximum Gasteiger partial charge on any atom is 0.238 e. The maximum atomic E-state index is 2.50. The molecule has 0 radical (unpaired) electrons. The Morgan fingerprint density at radius 3 is 2.30 bits per heavy atom. The number of aryl methyl sites for hydroxylation is 3. The molecule has 0 saturated heterocycles. The fourth-order valence-corrected chi connectivity index (χ4v) is 5.59. The lowest BCUT2D eigenvalue weighted by atomic mass is 9.94. The Balaban J connectivity index is 2.01. The fraction of sp³-hybridized carbons (Fsp3) is 0.107. The second kappa shape index (κ2) is 5.28. The van der Waals surface area contributed by atoms with Gasteiger partial charge in [0.15, 0.2) is 5.69 Å². The van der Waals surface area contributed by atoms with Crippen LogP contribution in [0.3, 0.4) is 0 Å². The van der Waals surface area contributed by atoms with Gasteiger partial charge in [0.05, 0.1) is 16.4 Å². The summed E-state index contributed by atoms with van der Waals surface area (Å²) in [6, 6.07) is 26.9. The average Bonchev–Trinajstić information content (AvgIpc) is 3.09. The van der Waals surface area contributed by atoms with Crippen LogP contribution < -0.4 is 4.57 Å². The largest absolute Gasteiger partial charge is 0.303 e. The van der Waals surface area contributed by atoms with Crippen molar-refractivity contribution in [2.75, 3.05) is 0 Å². The summed E-state index contributed by atoms with van der Waals surface area (Å²) in [7, 11) is 2.20. The summed E-state index contributed by atoms with van der Waals surface area (Å²) in [6.45, 7) is 4.47. The van der Waals surface area contributed by atoms with Gasteiger partial charge in [0.25, 0.3) is 0 Å². The van der Waals surface area contributed by atoms with E-state index >= 15 is 0 Å². The number of aromatic nitrogens is 2. The van der Waals surface area contributed by atoms with Gasteiger partial charge in [-0.25, -0.2) is 0 Å². The van der Waals surface area contributed by atoms with Gasteiger partial charge in [0.1, 0.15) is 12.6 Å². The van der Waals surface area contributed by atoms with Crippen molar-refractivity contribution in [3.8, 4) is 0 Å². The van der Waals surface area contributed by atoms with E-state index in [2.05, 4.69) is 103 Å². The summed E-state index contributed by atoms with van der Waals surface area (Å²) >= 11 is 0. The van der Waals surface area contributed by atoms with Crippen molar-refractivity contribution in [1.29, 1.82) is 0 Å². The monoisotopic (exact) mass is 385 g/mol. The molecule has 0 fully saturated rings. The summed E-state index contributed by atoms with van der Waals surface area (Å²) in [4.78, 5) is 0. The lowest BCUT2D eigenvalue weighted by Crippen LogP contribution is -2.33. The van der Waals surface area contributed by atoms with E-state index in [1.54, 1.807) is 0 Å². The van der Waals surface area contributed by atoms with E-state index in [0.29, 0.717) is 0 Å². The SMILES string of the molecule is Cc1ccc2c3ccccc3cc3c2c1c1c2c(cc(C)[n+]1C)c1ccccc1n32. The van der Waals surface area contributed by atoms with Crippen LogP contribution in [0.25, 0.3) is 59.8 Å². The van der Waals surface area contributed by atoms with Gasteiger partial charge in [-0.1, -0.05) is 54.6 Å². The molecular formula is C28H21N2+. The van der Waals surface area contributed by atoms with E-state index in [9.17, 15) is 0 Å². The Morgan fingerprint density at radius 2 is 1.43 bits per heavy atom. The third-order valence-corrected chi connectivity index (χ3v) is 7.05. The number of hydrogen-bond donors (Lipinski definition) is 0. The molecule has 2 nitrogen and oxygen atoms in total. The van der Waals surface area contributed by atoms with E-state index < -0.39 is 0 Å². The predicted octanol–water partition coefficient (Wildman–Crippen LogP) is 6.58. The molecule has 0 bridgehead atoms. The quantitative estimate of drug-likeness (QED) is 0.158. The van der Waals surface area contributed by atoms with Crippen LogP contribution in [0.5, 0.6) is 0 Å². The minimum atomic E-state index is 1.28. The summed E-state index contributed by atoms with van der Waals surface area (Å²) in [5.74, 6) is 0. The molecule has 7 rings (SSSR count). The molecule has 0 amide bonds. The molecule has 0 aliphatic heterocycles. The molecule has 0 N–H and O–H groups in total. The van der Waals surface area contributed by atoms with E-state index in [-0.39, 0.29) is 0 Å². The van der Waals surface area contributed by atoms with E-state index in [4.69, 9.17) is 0 Å². The Morgan fingerprint density at radius 1 is 0.667 bits per heavy atom. The van der Waals surface area contributed by atoms with Gasteiger partial charge in [-0.3, -0.25) is 0 Å². The lowest BCUT2D eigenvalue weighted by Gasteiger charge is -2.15. The summed E-state index contributed by atoms with van der Waals surface area (Å²) in [5, 5.41) is 9.35. The van der Waals surface area contributed by atoms with Crippen LogP contribution in [0.2, 0.25) is 0 Å². The van der Waals surface area contributed by atoms with Crippen molar-refractivity contribution in [2.45, 2.75) is 13.8 Å². The maximum absolute atomic E-state index is 2.50. The average molecular weight is 385 g/mol. The highest BCUT2D eigenvalue weighted by Crippen LogP contribution is 2.42. The molecule has 0 saturated carbocycles. The minimum absolute atomic E-state index is 1.28. The molecule has 30 heavy (non-hydrogen) atoms. The van der Waals surface area contributed by atoms with Crippen LogP contribution in [-0.2, 0) is 7.05 Å². The van der Waals surface area contributed by atoms with Gasteiger partial charge in [-0.05, 0) is 40.8 Å². The van der Waals surface area contributed by atoms with Crippen LogP contribution in [0.15, 0.2) is 72.8 Å². The predicted molar refractivity (Wildman–Crippen MR) is 127 cm³/mol.